The summed E-state index contributed by atoms with van der Waals surface area (Å²) in [6.07, 6.45) is 9.11. The first kappa shape index (κ1) is 17.6. The normalized spacial score (nSPS) is 16.7. The molecule has 1 heterocycles. The smallest absolute Gasteiger partial charge is 0.250 e. The van der Waals surface area contributed by atoms with E-state index in [9.17, 15) is 4.79 Å². The van der Waals surface area contributed by atoms with Crippen LogP contribution in [0.5, 0.6) is 0 Å². The number of pyridine rings is 1. The number of rotatable bonds is 8. The summed E-state index contributed by atoms with van der Waals surface area (Å²) in [4.78, 5) is 15.9. The van der Waals surface area contributed by atoms with E-state index >= 15 is 0 Å². The minimum absolute atomic E-state index is 0.0725. The molecule has 0 atom stereocenters. The van der Waals surface area contributed by atoms with Gasteiger partial charge in [-0.25, -0.2) is 0 Å². The summed E-state index contributed by atoms with van der Waals surface area (Å²) in [5.41, 5.74) is 0.565. The van der Waals surface area contributed by atoms with Crippen LogP contribution >= 0.6 is 0 Å². The van der Waals surface area contributed by atoms with Crippen molar-refractivity contribution in [1.29, 1.82) is 0 Å². The SMILES string of the molecule is CCC1(CNC(=NC)NCCCCn2ccccc2=O)CCC1. The molecule has 1 aromatic rings. The minimum Gasteiger partial charge on any atom is -0.356 e. The fourth-order valence-corrected chi connectivity index (χ4v) is 3.08. The molecular formula is C18H30N4O. The lowest BCUT2D eigenvalue weighted by Crippen LogP contribution is -2.46. The molecule has 2 N–H and O–H groups in total. The summed E-state index contributed by atoms with van der Waals surface area (Å²) >= 11 is 0. The van der Waals surface area contributed by atoms with Gasteiger partial charge in [0.1, 0.15) is 0 Å². The van der Waals surface area contributed by atoms with E-state index in [1.54, 1.807) is 16.7 Å². The highest BCUT2D eigenvalue weighted by Gasteiger charge is 2.34. The maximum Gasteiger partial charge on any atom is 0.250 e. The van der Waals surface area contributed by atoms with E-state index in [1.165, 1.54) is 25.7 Å². The molecule has 2 rings (SSSR count). The molecule has 0 saturated heterocycles. The van der Waals surface area contributed by atoms with Crippen LogP contribution in [0, 0.1) is 5.41 Å². The highest BCUT2D eigenvalue weighted by Crippen LogP contribution is 2.42. The van der Waals surface area contributed by atoms with Gasteiger partial charge in [-0.2, -0.15) is 0 Å². The van der Waals surface area contributed by atoms with Crippen LogP contribution in [0.2, 0.25) is 0 Å². The molecule has 0 bridgehead atoms. The molecule has 1 aliphatic rings. The maximum absolute atomic E-state index is 11.6. The van der Waals surface area contributed by atoms with Crippen LogP contribution in [0.3, 0.4) is 0 Å². The second kappa shape index (κ2) is 8.75. The first-order chi connectivity index (χ1) is 11.2. The van der Waals surface area contributed by atoms with E-state index in [4.69, 9.17) is 0 Å². The zero-order valence-corrected chi connectivity index (χ0v) is 14.5. The van der Waals surface area contributed by atoms with Gasteiger partial charge in [0.15, 0.2) is 5.96 Å². The fraction of sp³-hybridized carbons (Fsp3) is 0.667. The van der Waals surface area contributed by atoms with Crippen molar-refractivity contribution in [3.05, 3.63) is 34.7 Å². The topological polar surface area (TPSA) is 58.4 Å². The Morgan fingerprint density at radius 3 is 2.74 bits per heavy atom. The van der Waals surface area contributed by atoms with Gasteiger partial charge < -0.3 is 15.2 Å². The average Bonchev–Trinajstić information content (AvgIpc) is 2.53. The van der Waals surface area contributed by atoms with Crippen LogP contribution in [0.4, 0.5) is 0 Å². The second-order valence-electron chi connectivity index (χ2n) is 6.50. The molecule has 0 aromatic carbocycles. The number of hydrogen-bond donors (Lipinski definition) is 2. The van der Waals surface area contributed by atoms with Gasteiger partial charge >= 0.3 is 0 Å². The Balaban J connectivity index is 1.62. The lowest BCUT2D eigenvalue weighted by Gasteiger charge is -2.41. The monoisotopic (exact) mass is 318 g/mol. The minimum atomic E-state index is 0.0725. The van der Waals surface area contributed by atoms with Gasteiger partial charge in [-0.3, -0.25) is 9.79 Å². The number of nitrogens with one attached hydrogen (secondary N) is 2. The summed E-state index contributed by atoms with van der Waals surface area (Å²) < 4.78 is 1.76. The maximum atomic E-state index is 11.6. The van der Waals surface area contributed by atoms with E-state index in [0.29, 0.717) is 5.41 Å². The van der Waals surface area contributed by atoms with Gasteiger partial charge in [0.25, 0.3) is 0 Å². The van der Waals surface area contributed by atoms with Crippen molar-refractivity contribution in [2.45, 2.75) is 52.0 Å². The third kappa shape index (κ3) is 5.12. The lowest BCUT2D eigenvalue weighted by molar-refractivity contribution is 0.131. The predicted octanol–water partition coefficient (Wildman–Crippen LogP) is 2.37. The van der Waals surface area contributed by atoms with Gasteiger partial charge in [0.2, 0.25) is 5.56 Å². The van der Waals surface area contributed by atoms with Crippen LogP contribution in [0.15, 0.2) is 34.2 Å². The van der Waals surface area contributed by atoms with Crippen molar-refractivity contribution < 1.29 is 0 Å². The Morgan fingerprint density at radius 1 is 1.30 bits per heavy atom. The predicted molar refractivity (Wildman–Crippen MR) is 95.9 cm³/mol. The molecule has 23 heavy (non-hydrogen) atoms. The molecule has 1 saturated carbocycles. The van der Waals surface area contributed by atoms with Crippen molar-refractivity contribution in [1.82, 2.24) is 15.2 Å². The number of aryl methyl sites for hydroxylation is 1. The molecule has 128 valence electrons. The number of nitrogens with zero attached hydrogens (tertiary/aromatic N) is 2. The third-order valence-corrected chi connectivity index (χ3v) is 5.04. The molecule has 5 nitrogen and oxygen atoms in total. The van der Waals surface area contributed by atoms with E-state index < -0.39 is 0 Å². The molecule has 1 aliphatic carbocycles. The molecule has 0 aliphatic heterocycles. The lowest BCUT2D eigenvalue weighted by atomic mass is 9.67. The largest absolute Gasteiger partial charge is 0.356 e. The van der Waals surface area contributed by atoms with Gasteiger partial charge in [-0.05, 0) is 43.6 Å². The van der Waals surface area contributed by atoms with Crippen LogP contribution in [0.1, 0.15) is 45.4 Å². The molecule has 5 heteroatoms. The molecule has 1 fully saturated rings. The van der Waals surface area contributed by atoms with E-state index in [1.807, 2.05) is 19.3 Å². The van der Waals surface area contributed by atoms with Crippen molar-refractivity contribution in [2.24, 2.45) is 10.4 Å². The Kier molecular flexibility index (Phi) is 6.68. The summed E-state index contributed by atoms with van der Waals surface area (Å²) in [6, 6.07) is 5.28. The molecule has 0 amide bonds. The van der Waals surface area contributed by atoms with Crippen LogP contribution in [0.25, 0.3) is 0 Å². The van der Waals surface area contributed by atoms with E-state index in [2.05, 4.69) is 22.5 Å². The Labute approximate surface area is 139 Å². The average molecular weight is 318 g/mol. The van der Waals surface area contributed by atoms with Gasteiger partial charge in [-0.15, -0.1) is 0 Å². The van der Waals surface area contributed by atoms with Crippen LogP contribution < -0.4 is 16.2 Å². The highest BCUT2D eigenvalue weighted by atomic mass is 16.1. The van der Waals surface area contributed by atoms with Crippen LogP contribution in [-0.2, 0) is 6.54 Å². The third-order valence-electron chi connectivity index (χ3n) is 5.04. The van der Waals surface area contributed by atoms with Gasteiger partial charge in [-0.1, -0.05) is 19.4 Å². The van der Waals surface area contributed by atoms with E-state index in [0.717, 1.165) is 38.4 Å². The quantitative estimate of drug-likeness (QED) is 0.439. The Morgan fingerprint density at radius 2 is 2.13 bits per heavy atom. The first-order valence-corrected chi connectivity index (χ1v) is 8.79. The first-order valence-electron chi connectivity index (χ1n) is 8.79. The van der Waals surface area contributed by atoms with Crippen LogP contribution in [-0.4, -0.2) is 30.7 Å². The fourth-order valence-electron chi connectivity index (χ4n) is 3.08. The summed E-state index contributed by atoms with van der Waals surface area (Å²) in [5, 5.41) is 6.83. The number of unbranched alkanes of at least 4 members (excludes halogenated alkanes) is 1. The molecule has 0 unspecified atom stereocenters. The van der Waals surface area contributed by atoms with Crippen molar-refractivity contribution in [3.8, 4) is 0 Å². The number of hydrogen-bond acceptors (Lipinski definition) is 2. The van der Waals surface area contributed by atoms with Crippen molar-refractivity contribution in [3.63, 3.8) is 0 Å². The van der Waals surface area contributed by atoms with Crippen molar-refractivity contribution >= 4 is 5.96 Å². The summed E-state index contributed by atoms with van der Waals surface area (Å²) in [7, 11) is 1.82. The standard InChI is InChI=1S/C18H30N4O/c1-3-18(10-8-11-18)15-21-17(19-2)20-12-5-7-14-22-13-6-4-9-16(22)23/h4,6,9,13H,3,5,7-8,10-12,14-15H2,1-2H3,(H2,19,20,21). The molecular weight excluding hydrogens is 288 g/mol. The molecule has 0 radical (unpaired) electrons. The number of aliphatic imine (C=N–C) groups is 1. The van der Waals surface area contributed by atoms with E-state index in [-0.39, 0.29) is 5.56 Å². The zero-order valence-electron chi connectivity index (χ0n) is 14.5. The Hall–Kier alpha value is -1.78. The zero-order chi connectivity index (χ0) is 16.5. The highest BCUT2D eigenvalue weighted by molar-refractivity contribution is 5.79. The summed E-state index contributed by atoms with van der Waals surface area (Å²) in [5.74, 6) is 0.890. The van der Waals surface area contributed by atoms with Gasteiger partial charge in [0, 0.05) is 38.9 Å². The molecule has 0 spiro atoms. The summed E-state index contributed by atoms with van der Waals surface area (Å²) in [6.45, 7) is 4.94. The van der Waals surface area contributed by atoms with Crippen molar-refractivity contribution in [2.75, 3.05) is 20.1 Å². The molecule has 1 aromatic heterocycles. The Bertz CT molecular complexity index is 555. The second-order valence-corrected chi connectivity index (χ2v) is 6.50. The van der Waals surface area contributed by atoms with Gasteiger partial charge in [0.05, 0.1) is 0 Å². The number of aromatic nitrogens is 1. The number of guanidine groups is 1.